The van der Waals surface area contributed by atoms with Crippen molar-refractivity contribution in [3.05, 3.63) is 0 Å². The Labute approximate surface area is 254 Å². The Bertz CT molecular complexity index is 934. The van der Waals surface area contributed by atoms with Crippen molar-refractivity contribution in [3.63, 3.8) is 0 Å². The van der Waals surface area contributed by atoms with Crippen molar-refractivity contribution in [1.29, 1.82) is 0 Å². The molecule has 0 atom stereocenters. The Hall–Kier alpha value is -4.34. The maximum absolute atomic E-state index is 11.2. The SMILES string of the molecule is CCOC(=O)CCCCC=O.O=C1CCC(=O)N1O.O=CCCCCC(=O)O.O=CCCCCC(=O)ON1C(=O)CCC1=O. The molecule has 0 saturated carbocycles. The molecular formula is C28H42N2O14. The van der Waals surface area contributed by atoms with E-state index in [9.17, 15) is 47.9 Å². The summed E-state index contributed by atoms with van der Waals surface area (Å²) < 4.78 is 4.69. The molecule has 0 spiro atoms. The molecule has 2 saturated heterocycles. The van der Waals surface area contributed by atoms with Crippen molar-refractivity contribution in [1.82, 2.24) is 10.1 Å². The van der Waals surface area contributed by atoms with Crippen molar-refractivity contribution in [2.45, 2.75) is 110 Å². The number of aldehydes is 3. The molecule has 2 rings (SSSR count). The van der Waals surface area contributed by atoms with Crippen LogP contribution in [0.15, 0.2) is 0 Å². The van der Waals surface area contributed by atoms with E-state index in [2.05, 4.69) is 4.84 Å². The average Bonchev–Trinajstić information content (AvgIpc) is 3.46. The van der Waals surface area contributed by atoms with E-state index in [1.54, 1.807) is 6.92 Å². The minimum absolute atomic E-state index is 0.0945. The van der Waals surface area contributed by atoms with Crippen LogP contribution in [0.25, 0.3) is 0 Å². The van der Waals surface area contributed by atoms with E-state index in [1.165, 1.54) is 0 Å². The molecule has 44 heavy (non-hydrogen) atoms. The van der Waals surface area contributed by atoms with Gasteiger partial charge in [0, 0.05) is 64.2 Å². The summed E-state index contributed by atoms with van der Waals surface area (Å²) in [4.78, 5) is 109. The number of imide groups is 2. The van der Waals surface area contributed by atoms with E-state index in [4.69, 9.17) is 15.1 Å². The highest BCUT2D eigenvalue weighted by Crippen LogP contribution is 2.13. The van der Waals surface area contributed by atoms with Gasteiger partial charge in [-0.15, -0.1) is 5.06 Å². The number of carbonyl (C=O) groups excluding carboxylic acids is 9. The summed E-state index contributed by atoms with van der Waals surface area (Å²) >= 11 is 0. The van der Waals surface area contributed by atoms with Crippen LogP contribution >= 0.6 is 0 Å². The average molecular weight is 631 g/mol. The van der Waals surface area contributed by atoms with Crippen molar-refractivity contribution in [2.24, 2.45) is 0 Å². The van der Waals surface area contributed by atoms with Gasteiger partial charge in [-0.3, -0.25) is 34.0 Å². The monoisotopic (exact) mass is 630 g/mol. The van der Waals surface area contributed by atoms with Gasteiger partial charge >= 0.3 is 17.9 Å². The zero-order valence-electron chi connectivity index (χ0n) is 24.9. The summed E-state index contributed by atoms with van der Waals surface area (Å²) in [5.41, 5.74) is 0. The van der Waals surface area contributed by atoms with Crippen LogP contribution < -0.4 is 0 Å². The second-order valence-corrected chi connectivity index (χ2v) is 9.08. The van der Waals surface area contributed by atoms with Crippen LogP contribution in [0.1, 0.15) is 110 Å². The van der Waals surface area contributed by atoms with Gasteiger partial charge in [-0.25, -0.2) is 4.79 Å². The number of hydroxylamine groups is 4. The molecule has 2 aliphatic rings. The van der Waals surface area contributed by atoms with Crippen LogP contribution in [0.5, 0.6) is 0 Å². The number of carbonyl (C=O) groups is 10. The van der Waals surface area contributed by atoms with Crippen molar-refractivity contribution >= 4 is 60.4 Å². The lowest BCUT2D eigenvalue weighted by Gasteiger charge is -2.12. The smallest absolute Gasteiger partial charge is 0.333 e. The highest BCUT2D eigenvalue weighted by Gasteiger charge is 2.32. The van der Waals surface area contributed by atoms with E-state index < -0.39 is 35.6 Å². The Kier molecular flexibility index (Phi) is 26.1. The first kappa shape index (κ1) is 41.8. The molecule has 0 aromatic heterocycles. The number of aliphatic carboxylic acids is 1. The van der Waals surface area contributed by atoms with E-state index in [-0.39, 0.29) is 49.6 Å². The van der Waals surface area contributed by atoms with Gasteiger partial charge in [-0.2, -0.15) is 5.06 Å². The summed E-state index contributed by atoms with van der Waals surface area (Å²) in [6, 6.07) is 0. The number of amides is 4. The van der Waals surface area contributed by atoms with Crippen molar-refractivity contribution in [3.8, 4) is 0 Å². The molecule has 4 amide bonds. The lowest BCUT2D eigenvalue weighted by molar-refractivity contribution is -0.197. The van der Waals surface area contributed by atoms with Gasteiger partial charge in [-0.1, -0.05) is 0 Å². The van der Waals surface area contributed by atoms with Crippen LogP contribution in [0, 0.1) is 0 Å². The summed E-state index contributed by atoms with van der Waals surface area (Å²) in [6.45, 7) is 2.22. The molecule has 0 unspecified atom stereocenters. The van der Waals surface area contributed by atoms with Gasteiger partial charge in [0.05, 0.1) is 6.61 Å². The molecule has 0 aliphatic carbocycles. The van der Waals surface area contributed by atoms with E-state index in [1.807, 2.05) is 0 Å². The standard InChI is InChI=1S/C10H13NO5.C8H14O3.C6H10O3.C4H5NO3/c12-7-3-1-2-4-10(15)16-11-8(13)5-6-9(11)14;1-2-11-8(10)6-4-3-5-7-9;7-5-3-1-2-4-6(8)9;6-3-1-2-4(7)5(3)8/h7H,1-6H2;7H,2-6H2,1H3;5H,1-4H2,(H,8,9);8H,1-2H2. The number of rotatable bonds is 17. The predicted molar refractivity (Wildman–Crippen MR) is 148 cm³/mol. The first-order valence-electron chi connectivity index (χ1n) is 14.2. The number of hydrogen-bond acceptors (Lipinski definition) is 13. The van der Waals surface area contributed by atoms with Gasteiger partial charge in [0.25, 0.3) is 23.6 Å². The maximum Gasteiger partial charge on any atom is 0.333 e. The number of hydrogen-bond donors (Lipinski definition) is 2. The maximum atomic E-state index is 11.2. The number of ether oxygens (including phenoxy) is 1. The van der Waals surface area contributed by atoms with E-state index in [0.717, 1.165) is 31.7 Å². The zero-order valence-corrected chi connectivity index (χ0v) is 24.9. The quantitative estimate of drug-likeness (QED) is 0.0769. The molecule has 0 aromatic carbocycles. The number of carboxylic acid groups (broad SMARTS) is 1. The molecule has 2 heterocycles. The Morgan fingerprint density at radius 3 is 1.39 bits per heavy atom. The third kappa shape index (κ3) is 23.2. The molecule has 16 nitrogen and oxygen atoms in total. The topological polar surface area (TPSA) is 236 Å². The van der Waals surface area contributed by atoms with Gasteiger partial charge in [-0.05, 0) is 45.4 Å². The number of esters is 1. The third-order valence-electron chi connectivity index (χ3n) is 5.40. The van der Waals surface area contributed by atoms with Crippen LogP contribution in [0.3, 0.4) is 0 Å². The molecule has 16 heteroatoms. The predicted octanol–water partition coefficient (Wildman–Crippen LogP) is 2.02. The lowest BCUT2D eigenvalue weighted by Crippen LogP contribution is -2.31. The van der Waals surface area contributed by atoms with Crippen LogP contribution in [0.4, 0.5) is 0 Å². The Morgan fingerprint density at radius 1 is 0.659 bits per heavy atom. The molecule has 0 aromatic rings. The second-order valence-electron chi connectivity index (χ2n) is 9.08. The molecular weight excluding hydrogens is 588 g/mol. The fourth-order valence-corrected chi connectivity index (χ4v) is 3.10. The summed E-state index contributed by atoms with van der Waals surface area (Å²) in [6.07, 6.45) is 8.99. The first-order valence-corrected chi connectivity index (χ1v) is 14.2. The Balaban J connectivity index is 0. The molecule has 2 aliphatic heterocycles. The van der Waals surface area contributed by atoms with Gasteiger partial charge in [0.1, 0.15) is 18.9 Å². The van der Waals surface area contributed by atoms with E-state index >= 15 is 0 Å². The number of unbranched alkanes of at least 4 members (excludes halogenated alkanes) is 6. The summed E-state index contributed by atoms with van der Waals surface area (Å²) in [5, 5.41) is 17.2. The minimum atomic E-state index is -0.791. The molecule has 2 N–H and O–H groups in total. The molecule has 2 fully saturated rings. The fourth-order valence-electron chi connectivity index (χ4n) is 3.10. The zero-order chi connectivity index (χ0) is 33.8. The van der Waals surface area contributed by atoms with E-state index in [0.29, 0.717) is 63.0 Å². The lowest BCUT2D eigenvalue weighted by atomic mass is 10.2. The molecule has 0 radical (unpaired) electrons. The van der Waals surface area contributed by atoms with Crippen molar-refractivity contribution < 1.29 is 67.8 Å². The minimum Gasteiger partial charge on any atom is -0.481 e. The van der Waals surface area contributed by atoms with Gasteiger partial charge in [0.15, 0.2) is 0 Å². The normalized spacial score (nSPS) is 13.4. The van der Waals surface area contributed by atoms with Crippen LogP contribution in [-0.4, -0.2) is 87.4 Å². The largest absolute Gasteiger partial charge is 0.481 e. The van der Waals surface area contributed by atoms with Gasteiger partial charge < -0.3 is 29.1 Å². The number of carboxylic acids is 1. The summed E-state index contributed by atoms with van der Waals surface area (Å²) in [5.74, 6) is -3.55. The van der Waals surface area contributed by atoms with Crippen LogP contribution in [0.2, 0.25) is 0 Å². The fraction of sp³-hybridized carbons (Fsp3) is 0.643. The van der Waals surface area contributed by atoms with Crippen molar-refractivity contribution in [2.75, 3.05) is 6.61 Å². The molecule has 248 valence electrons. The highest BCUT2D eigenvalue weighted by atomic mass is 16.7. The number of nitrogens with zero attached hydrogens (tertiary/aromatic N) is 2. The molecule has 0 bridgehead atoms. The Morgan fingerprint density at radius 2 is 1.05 bits per heavy atom. The summed E-state index contributed by atoms with van der Waals surface area (Å²) in [7, 11) is 0. The first-order chi connectivity index (χ1) is 20.9. The highest BCUT2D eigenvalue weighted by molar-refractivity contribution is 6.01. The second kappa shape index (κ2) is 27.5. The third-order valence-corrected chi connectivity index (χ3v) is 5.40. The van der Waals surface area contributed by atoms with Gasteiger partial charge in [0.2, 0.25) is 0 Å². The van der Waals surface area contributed by atoms with Crippen LogP contribution in [-0.2, 0) is 57.5 Å².